The quantitative estimate of drug-likeness (QED) is 0.901. The molecular weight excluding hydrogens is 282 g/mol. The van der Waals surface area contributed by atoms with E-state index in [1.165, 1.54) is 0 Å². The molecule has 1 heterocycles. The fraction of sp³-hybridized carbons (Fsp3) is 0.333. The van der Waals surface area contributed by atoms with Crippen LogP contribution in [0.5, 0.6) is 0 Å². The molecule has 5 heteroatoms. The van der Waals surface area contributed by atoms with Crippen molar-refractivity contribution < 1.29 is 4.79 Å². The number of primary amides is 1. The number of amides is 1. The number of nitriles is 1. The minimum absolute atomic E-state index is 0.0838. The van der Waals surface area contributed by atoms with Crippen molar-refractivity contribution in [3.8, 4) is 6.07 Å². The maximum absolute atomic E-state index is 11.1. The van der Waals surface area contributed by atoms with Crippen molar-refractivity contribution in [1.82, 2.24) is 0 Å². The van der Waals surface area contributed by atoms with Gasteiger partial charge in [0.2, 0.25) is 5.91 Å². The van der Waals surface area contributed by atoms with Gasteiger partial charge in [-0.15, -0.1) is 0 Å². The average Bonchev–Trinajstić information content (AvgIpc) is 2.77. The molecule has 1 fully saturated rings. The largest absolute Gasteiger partial charge is 0.371 e. The van der Waals surface area contributed by atoms with Crippen molar-refractivity contribution in [2.75, 3.05) is 18.0 Å². The van der Waals surface area contributed by atoms with Gasteiger partial charge in [-0.3, -0.25) is 4.79 Å². The first kappa shape index (κ1) is 11.9. The van der Waals surface area contributed by atoms with Crippen LogP contribution in [0.1, 0.15) is 12.0 Å². The average molecular weight is 294 g/mol. The SMILES string of the molecule is N#Cc1cc(Br)cc(N2CCC(C(N)=O)C2)c1. The molecule has 1 unspecified atom stereocenters. The summed E-state index contributed by atoms with van der Waals surface area (Å²) in [4.78, 5) is 13.2. The van der Waals surface area contributed by atoms with Gasteiger partial charge in [-0.2, -0.15) is 5.26 Å². The minimum Gasteiger partial charge on any atom is -0.371 e. The summed E-state index contributed by atoms with van der Waals surface area (Å²) in [7, 11) is 0. The third-order valence-corrected chi connectivity index (χ3v) is 3.43. The van der Waals surface area contributed by atoms with Gasteiger partial charge in [0.1, 0.15) is 0 Å². The van der Waals surface area contributed by atoms with E-state index in [1.807, 2.05) is 12.1 Å². The molecule has 1 atom stereocenters. The summed E-state index contributed by atoms with van der Waals surface area (Å²) in [6.07, 6.45) is 0.781. The fourth-order valence-corrected chi connectivity index (χ4v) is 2.53. The summed E-state index contributed by atoms with van der Waals surface area (Å²) in [5.74, 6) is -0.331. The van der Waals surface area contributed by atoms with Gasteiger partial charge in [-0.25, -0.2) is 0 Å². The minimum atomic E-state index is -0.247. The van der Waals surface area contributed by atoms with Crippen LogP contribution in [-0.4, -0.2) is 19.0 Å². The van der Waals surface area contributed by atoms with Gasteiger partial charge in [0.05, 0.1) is 17.6 Å². The monoisotopic (exact) mass is 293 g/mol. The summed E-state index contributed by atoms with van der Waals surface area (Å²) in [6, 6.07) is 7.66. The van der Waals surface area contributed by atoms with Gasteiger partial charge in [0, 0.05) is 23.2 Å². The number of nitrogens with zero attached hydrogens (tertiary/aromatic N) is 2. The molecule has 0 aromatic heterocycles. The Kier molecular flexibility index (Phi) is 3.34. The molecule has 0 saturated carbocycles. The van der Waals surface area contributed by atoms with Gasteiger partial charge in [0.25, 0.3) is 0 Å². The smallest absolute Gasteiger partial charge is 0.222 e. The number of rotatable bonds is 2. The zero-order valence-corrected chi connectivity index (χ0v) is 10.8. The number of halogens is 1. The van der Waals surface area contributed by atoms with Crippen molar-refractivity contribution in [2.24, 2.45) is 11.7 Å². The van der Waals surface area contributed by atoms with Crippen LogP contribution in [0.3, 0.4) is 0 Å². The molecule has 0 spiro atoms. The van der Waals surface area contributed by atoms with Crippen molar-refractivity contribution in [3.63, 3.8) is 0 Å². The van der Waals surface area contributed by atoms with Crippen molar-refractivity contribution in [2.45, 2.75) is 6.42 Å². The number of carbonyl (C=O) groups is 1. The lowest BCUT2D eigenvalue weighted by molar-refractivity contribution is -0.121. The first-order chi connectivity index (χ1) is 8.10. The predicted molar refractivity (Wildman–Crippen MR) is 68.4 cm³/mol. The van der Waals surface area contributed by atoms with Crippen LogP contribution in [0.2, 0.25) is 0 Å². The van der Waals surface area contributed by atoms with Crippen molar-refractivity contribution in [1.29, 1.82) is 5.26 Å². The van der Waals surface area contributed by atoms with Crippen LogP contribution < -0.4 is 10.6 Å². The molecule has 1 aliphatic heterocycles. The molecule has 17 heavy (non-hydrogen) atoms. The summed E-state index contributed by atoms with van der Waals surface area (Å²) >= 11 is 3.38. The Morgan fingerprint density at radius 3 is 2.88 bits per heavy atom. The van der Waals surface area contributed by atoms with E-state index in [-0.39, 0.29) is 11.8 Å². The Morgan fingerprint density at radius 2 is 2.29 bits per heavy atom. The molecule has 2 rings (SSSR count). The number of benzene rings is 1. The summed E-state index contributed by atoms with van der Waals surface area (Å²) in [5, 5.41) is 8.91. The van der Waals surface area contributed by atoms with Gasteiger partial charge in [-0.05, 0) is 24.6 Å². The van der Waals surface area contributed by atoms with Crippen LogP contribution in [-0.2, 0) is 4.79 Å². The fourth-order valence-electron chi connectivity index (χ4n) is 2.05. The van der Waals surface area contributed by atoms with E-state index >= 15 is 0 Å². The highest BCUT2D eigenvalue weighted by atomic mass is 79.9. The standard InChI is InChI=1S/C12H12BrN3O/c13-10-3-8(6-14)4-11(5-10)16-2-1-9(7-16)12(15)17/h3-5,9H,1-2,7H2,(H2,15,17). The van der Waals surface area contributed by atoms with E-state index in [9.17, 15) is 4.79 Å². The normalized spacial score (nSPS) is 19.1. The number of carbonyl (C=O) groups excluding carboxylic acids is 1. The third-order valence-electron chi connectivity index (χ3n) is 2.97. The van der Waals surface area contributed by atoms with E-state index in [1.54, 1.807) is 6.07 Å². The molecule has 1 aromatic rings. The second kappa shape index (κ2) is 4.76. The molecule has 1 aromatic carbocycles. The first-order valence-electron chi connectivity index (χ1n) is 5.35. The lowest BCUT2D eigenvalue weighted by Crippen LogP contribution is -2.27. The zero-order chi connectivity index (χ0) is 12.4. The first-order valence-corrected chi connectivity index (χ1v) is 6.14. The second-order valence-corrected chi connectivity index (χ2v) is 5.06. The molecule has 4 nitrogen and oxygen atoms in total. The third kappa shape index (κ3) is 2.59. The van der Waals surface area contributed by atoms with E-state index in [2.05, 4.69) is 26.9 Å². The molecule has 1 amide bonds. The van der Waals surface area contributed by atoms with Crippen LogP contribution in [0.15, 0.2) is 22.7 Å². The summed E-state index contributed by atoms with van der Waals surface area (Å²) in [6.45, 7) is 1.44. The van der Waals surface area contributed by atoms with Crippen LogP contribution in [0.25, 0.3) is 0 Å². The van der Waals surface area contributed by atoms with Crippen molar-refractivity contribution in [3.05, 3.63) is 28.2 Å². The Bertz CT molecular complexity index is 495. The molecule has 0 aliphatic carbocycles. The molecular formula is C12H12BrN3O. The van der Waals surface area contributed by atoms with Crippen molar-refractivity contribution >= 4 is 27.5 Å². The zero-order valence-electron chi connectivity index (χ0n) is 9.19. The van der Waals surface area contributed by atoms with E-state index in [0.29, 0.717) is 12.1 Å². The Labute approximate surface area is 108 Å². The number of hydrogen-bond acceptors (Lipinski definition) is 3. The highest BCUT2D eigenvalue weighted by Crippen LogP contribution is 2.27. The Morgan fingerprint density at radius 1 is 1.53 bits per heavy atom. The van der Waals surface area contributed by atoms with Crippen LogP contribution in [0, 0.1) is 17.2 Å². The molecule has 0 radical (unpaired) electrons. The van der Waals surface area contributed by atoms with E-state index in [4.69, 9.17) is 11.0 Å². The molecule has 2 N–H and O–H groups in total. The second-order valence-electron chi connectivity index (χ2n) is 4.14. The lowest BCUT2D eigenvalue weighted by atomic mass is 10.1. The molecule has 0 bridgehead atoms. The maximum atomic E-state index is 11.1. The maximum Gasteiger partial charge on any atom is 0.222 e. The number of anilines is 1. The lowest BCUT2D eigenvalue weighted by Gasteiger charge is -2.18. The van der Waals surface area contributed by atoms with Gasteiger partial charge < -0.3 is 10.6 Å². The Hall–Kier alpha value is -1.54. The van der Waals surface area contributed by atoms with E-state index < -0.39 is 0 Å². The molecule has 88 valence electrons. The molecule has 1 saturated heterocycles. The Balaban J connectivity index is 2.22. The van der Waals surface area contributed by atoms with Gasteiger partial charge in [0.15, 0.2) is 0 Å². The highest BCUT2D eigenvalue weighted by Gasteiger charge is 2.26. The number of hydrogen-bond donors (Lipinski definition) is 1. The number of nitrogens with two attached hydrogens (primary N) is 1. The van der Waals surface area contributed by atoms with Crippen LogP contribution in [0.4, 0.5) is 5.69 Å². The van der Waals surface area contributed by atoms with E-state index in [0.717, 1.165) is 23.1 Å². The van der Waals surface area contributed by atoms with Gasteiger partial charge in [-0.1, -0.05) is 15.9 Å². The topological polar surface area (TPSA) is 70.1 Å². The summed E-state index contributed by atoms with van der Waals surface area (Å²) < 4.78 is 0.870. The predicted octanol–water partition coefficient (Wildman–Crippen LogP) is 1.63. The van der Waals surface area contributed by atoms with Gasteiger partial charge >= 0.3 is 0 Å². The molecule has 1 aliphatic rings. The summed E-state index contributed by atoms with van der Waals surface area (Å²) in [5.41, 5.74) is 6.86. The van der Waals surface area contributed by atoms with Crippen LogP contribution >= 0.6 is 15.9 Å². The highest BCUT2D eigenvalue weighted by molar-refractivity contribution is 9.10.